The van der Waals surface area contributed by atoms with Crippen LogP contribution in [-0.4, -0.2) is 60.5 Å². The fourth-order valence-corrected chi connectivity index (χ4v) is 1.03. The highest BCUT2D eigenvalue weighted by Crippen LogP contribution is 1.97. The molecule has 0 bridgehead atoms. The van der Waals surface area contributed by atoms with Crippen molar-refractivity contribution in [1.29, 1.82) is 0 Å². The molecule has 1 unspecified atom stereocenters. The van der Waals surface area contributed by atoms with Crippen molar-refractivity contribution < 1.29 is 10.2 Å². The van der Waals surface area contributed by atoms with Gasteiger partial charge in [-0.25, -0.2) is 0 Å². The summed E-state index contributed by atoms with van der Waals surface area (Å²) in [5.74, 6) is 0. The van der Waals surface area contributed by atoms with Crippen molar-refractivity contribution >= 4 is 0 Å². The molecule has 4 nitrogen and oxygen atoms in total. The minimum Gasteiger partial charge on any atom is -0.390 e. The molecule has 0 aliphatic rings. The van der Waals surface area contributed by atoms with Crippen LogP contribution in [0.2, 0.25) is 0 Å². The first-order valence-electron chi connectivity index (χ1n) is 4.57. The Balaban J connectivity index is 3.42. The lowest BCUT2D eigenvalue weighted by atomic mass is 10.1. The van der Waals surface area contributed by atoms with Crippen molar-refractivity contribution in [3.8, 4) is 0 Å². The topological polar surface area (TPSA) is 55.7 Å². The van der Waals surface area contributed by atoms with E-state index in [1.807, 2.05) is 19.0 Å². The Hall–Kier alpha value is -0.160. The summed E-state index contributed by atoms with van der Waals surface area (Å²) < 4.78 is 0. The Bertz CT molecular complexity index is 132. The van der Waals surface area contributed by atoms with Crippen molar-refractivity contribution in [3.63, 3.8) is 0 Å². The molecule has 0 rings (SSSR count). The van der Waals surface area contributed by atoms with Gasteiger partial charge in [0.1, 0.15) is 0 Å². The van der Waals surface area contributed by atoms with Crippen molar-refractivity contribution in [2.75, 3.05) is 33.7 Å². The summed E-state index contributed by atoms with van der Waals surface area (Å²) in [6.45, 7) is 5.12. The summed E-state index contributed by atoms with van der Waals surface area (Å²) in [5, 5.41) is 21.8. The lowest BCUT2D eigenvalue weighted by Crippen LogP contribution is -2.41. The molecule has 0 aliphatic carbocycles. The minimum atomic E-state index is -0.710. The van der Waals surface area contributed by atoms with Gasteiger partial charge >= 0.3 is 0 Å². The first kappa shape index (κ1) is 12.8. The van der Waals surface area contributed by atoms with Gasteiger partial charge in [-0.15, -0.1) is 0 Å². The Morgan fingerprint density at radius 3 is 2.31 bits per heavy atom. The number of aliphatic hydroxyl groups is 2. The van der Waals surface area contributed by atoms with E-state index in [0.717, 1.165) is 0 Å². The molecule has 0 saturated heterocycles. The second-order valence-corrected chi connectivity index (χ2v) is 4.36. The van der Waals surface area contributed by atoms with Crippen molar-refractivity contribution in [2.24, 2.45) is 0 Å². The van der Waals surface area contributed by atoms with Gasteiger partial charge < -0.3 is 20.4 Å². The fraction of sp³-hybridized carbons (Fsp3) is 1.00. The molecule has 0 heterocycles. The van der Waals surface area contributed by atoms with E-state index >= 15 is 0 Å². The summed E-state index contributed by atoms with van der Waals surface area (Å²) >= 11 is 0. The first-order valence-corrected chi connectivity index (χ1v) is 4.57. The van der Waals surface area contributed by atoms with Crippen molar-refractivity contribution in [3.05, 3.63) is 0 Å². The maximum atomic E-state index is 9.43. The van der Waals surface area contributed by atoms with Crippen LogP contribution in [0.15, 0.2) is 0 Å². The minimum absolute atomic E-state index is 0.377. The molecule has 80 valence electrons. The lowest BCUT2D eigenvalue weighted by molar-refractivity contribution is 0.0713. The van der Waals surface area contributed by atoms with Crippen molar-refractivity contribution in [2.45, 2.75) is 25.6 Å². The third-order valence-electron chi connectivity index (χ3n) is 1.51. The van der Waals surface area contributed by atoms with Crippen LogP contribution in [0.25, 0.3) is 0 Å². The number of nitrogens with zero attached hydrogens (tertiary/aromatic N) is 1. The van der Waals surface area contributed by atoms with Crippen LogP contribution in [0.3, 0.4) is 0 Å². The quantitative estimate of drug-likeness (QED) is 0.517. The zero-order chi connectivity index (χ0) is 10.5. The number of aliphatic hydroxyl groups excluding tert-OH is 1. The predicted octanol–water partition coefficient (Wildman–Crippen LogP) is -0.731. The van der Waals surface area contributed by atoms with Gasteiger partial charge in [0.15, 0.2) is 0 Å². The fourth-order valence-electron chi connectivity index (χ4n) is 1.03. The zero-order valence-electron chi connectivity index (χ0n) is 9.04. The second-order valence-electron chi connectivity index (χ2n) is 4.36. The molecule has 3 N–H and O–H groups in total. The molecule has 1 atom stereocenters. The number of rotatable bonds is 6. The zero-order valence-corrected chi connectivity index (χ0v) is 9.04. The summed E-state index contributed by atoms with van der Waals surface area (Å²) in [6.07, 6.45) is -0.377. The SMILES string of the molecule is CN(C)CC(O)CNCC(C)(C)O. The Morgan fingerprint density at radius 2 is 1.92 bits per heavy atom. The molecule has 4 heteroatoms. The van der Waals surface area contributed by atoms with E-state index in [1.54, 1.807) is 13.8 Å². The average Bonchev–Trinajstić information content (AvgIpc) is 1.81. The van der Waals surface area contributed by atoms with Crippen LogP contribution in [0.4, 0.5) is 0 Å². The monoisotopic (exact) mass is 190 g/mol. The van der Waals surface area contributed by atoms with Gasteiger partial charge in [-0.1, -0.05) is 0 Å². The molecule has 0 fully saturated rings. The van der Waals surface area contributed by atoms with Gasteiger partial charge in [0.25, 0.3) is 0 Å². The molecule has 0 radical (unpaired) electrons. The third-order valence-corrected chi connectivity index (χ3v) is 1.51. The lowest BCUT2D eigenvalue weighted by Gasteiger charge is -2.20. The van der Waals surface area contributed by atoms with Gasteiger partial charge in [-0.05, 0) is 27.9 Å². The average molecular weight is 190 g/mol. The number of likely N-dealkylation sites (N-methyl/N-ethyl adjacent to an activating group) is 1. The summed E-state index contributed by atoms with van der Waals surface area (Å²) in [6, 6.07) is 0. The van der Waals surface area contributed by atoms with E-state index in [-0.39, 0.29) is 6.10 Å². The van der Waals surface area contributed by atoms with Crippen LogP contribution in [-0.2, 0) is 0 Å². The first-order chi connectivity index (χ1) is 5.81. The maximum Gasteiger partial charge on any atom is 0.0791 e. The van der Waals surface area contributed by atoms with Crippen LogP contribution in [0.5, 0.6) is 0 Å². The summed E-state index contributed by atoms with van der Waals surface area (Å²) in [5.41, 5.74) is -0.710. The van der Waals surface area contributed by atoms with E-state index in [1.165, 1.54) is 0 Å². The van der Waals surface area contributed by atoms with Crippen LogP contribution >= 0.6 is 0 Å². The molecule has 13 heavy (non-hydrogen) atoms. The number of hydrogen-bond acceptors (Lipinski definition) is 4. The van der Waals surface area contributed by atoms with Crippen LogP contribution < -0.4 is 5.32 Å². The molecule has 0 aliphatic heterocycles. The van der Waals surface area contributed by atoms with E-state index in [9.17, 15) is 10.2 Å². The predicted molar refractivity (Wildman–Crippen MR) is 53.7 cm³/mol. The van der Waals surface area contributed by atoms with Gasteiger partial charge in [-0.2, -0.15) is 0 Å². The Labute approximate surface area is 80.6 Å². The number of nitrogens with one attached hydrogen (secondary N) is 1. The highest BCUT2D eigenvalue weighted by Gasteiger charge is 2.12. The van der Waals surface area contributed by atoms with E-state index in [2.05, 4.69) is 5.32 Å². The number of hydrogen-bond donors (Lipinski definition) is 3. The molecular formula is C9H22N2O2. The van der Waals surface area contributed by atoms with Crippen LogP contribution in [0.1, 0.15) is 13.8 Å². The molecular weight excluding hydrogens is 168 g/mol. The Morgan fingerprint density at radius 1 is 1.38 bits per heavy atom. The molecule has 0 aromatic carbocycles. The van der Waals surface area contributed by atoms with Crippen LogP contribution in [0, 0.1) is 0 Å². The summed E-state index contributed by atoms with van der Waals surface area (Å²) in [4.78, 5) is 1.93. The van der Waals surface area contributed by atoms with E-state index in [0.29, 0.717) is 19.6 Å². The smallest absolute Gasteiger partial charge is 0.0791 e. The van der Waals surface area contributed by atoms with E-state index in [4.69, 9.17) is 0 Å². The largest absolute Gasteiger partial charge is 0.390 e. The molecule has 0 aromatic rings. The molecule has 0 amide bonds. The molecule has 0 spiro atoms. The standard InChI is InChI=1S/C9H22N2O2/c1-9(2,13)7-10-5-8(12)6-11(3)4/h8,10,12-13H,5-7H2,1-4H3. The van der Waals surface area contributed by atoms with E-state index < -0.39 is 5.60 Å². The van der Waals surface area contributed by atoms with Gasteiger partial charge in [0, 0.05) is 19.6 Å². The Kier molecular flexibility index (Phi) is 5.48. The summed E-state index contributed by atoms with van der Waals surface area (Å²) in [7, 11) is 3.83. The highest BCUT2D eigenvalue weighted by atomic mass is 16.3. The molecule has 0 aromatic heterocycles. The van der Waals surface area contributed by atoms with Gasteiger partial charge in [-0.3, -0.25) is 0 Å². The van der Waals surface area contributed by atoms with Gasteiger partial charge in [0.2, 0.25) is 0 Å². The van der Waals surface area contributed by atoms with Crippen molar-refractivity contribution in [1.82, 2.24) is 10.2 Å². The highest BCUT2D eigenvalue weighted by molar-refractivity contribution is 4.70. The maximum absolute atomic E-state index is 9.43. The third kappa shape index (κ3) is 9.76. The second kappa shape index (κ2) is 5.54. The van der Waals surface area contributed by atoms with Gasteiger partial charge in [0.05, 0.1) is 11.7 Å². The normalized spacial score (nSPS) is 15.0. The molecule has 0 saturated carbocycles.